The average molecular weight is 403 g/mol. The Bertz CT molecular complexity index is 1110. The average Bonchev–Trinajstić information content (AvgIpc) is 3.09. The number of carbonyl (C=O) groups is 3. The highest BCUT2D eigenvalue weighted by Gasteiger charge is 2.27. The molecule has 0 radical (unpaired) electrons. The summed E-state index contributed by atoms with van der Waals surface area (Å²) in [4.78, 5) is 38.2. The molecule has 0 fully saturated rings. The van der Waals surface area contributed by atoms with Crippen molar-refractivity contribution < 1.29 is 19.1 Å². The molecule has 1 aliphatic heterocycles. The van der Waals surface area contributed by atoms with Crippen LogP contribution >= 0.6 is 0 Å². The fraction of sp³-hybridized carbons (Fsp3) is 0.174. The third-order valence-corrected chi connectivity index (χ3v) is 5.03. The molecule has 0 atom stereocenters. The zero-order chi connectivity index (χ0) is 21.3. The maximum Gasteiger partial charge on any atom is 0.338 e. The smallest absolute Gasteiger partial charge is 0.338 e. The van der Waals surface area contributed by atoms with Crippen LogP contribution in [-0.4, -0.2) is 35.5 Å². The Morgan fingerprint density at radius 3 is 2.33 bits per heavy atom. The van der Waals surface area contributed by atoms with E-state index in [4.69, 9.17) is 4.74 Å². The van der Waals surface area contributed by atoms with Gasteiger partial charge in [0.15, 0.2) is 6.61 Å². The molecular weight excluding hydrogens is 382 g/mol. The van der Waals surface area contributed by atoms with E-state index in [1.54, 1.807) is 36.4 Å². The fourth-order valence-corrected chi connectivity index (χ4v) is 3.57. The van der Waals surface area contributed by atoms with Crippen LogP contribution in [0.15, 0.2) is 60.7 Å². The van der Waals surface area contributed by atoms with Gasteiger partial charge in [0.25, 0.3) is 5.91 Å². The molecule has 0 unspecified atom stereocenters. The van der Waals surface area contributed by atoms with E-state index in [2.05, 4.69) is 9.88 Å². The van der Waals surface area contributed by atoms with Crippen molar-refractivity contribution in [1.82, 2.24) is 4.57 Å². The molecule has 3 aromatic rings. The summed E-state index contributed by atoms with van der Waals surface area (Å²) in [5.41, 5.74) is 4.63. The number of nitrogens with zero attached hydrogens (tertiary/aromatic N) is 2. The van der Waals surface area contributed by atoms with Crippen LogP contribution in [-0.2, 0) is 14.3 Å². The molecule has 0 spiro atoms. The second kappa shape index (κ2) is 7.87. The highest BCUT2D eigenvalue weighted by Crippen LogP contribution is 2.28. The Kier molecular flexibility index (Phi) is 5.10. The van der Waals surface area contributed by atoms with Crippen LogP contribution in [0.3, 0.4) is 0 Å². The minimum absolute atomic E-state index is 0.113. The zero-order valence-electron chi connectivity index (χ0n) is 16.7. The Hall–Kier alpha value is -3.87. The summed E-state index contributed by atoms with van der Waals surface area (Å²) in [6.07, 6.45) is 0. The standard InChI is InChI=1S/C23H21N3O4/c1-15-7-8-16(2)26(15)18-11-9-17(10-12-18)23(29)30-14-22(28)25-13-21(27)24-19-5-3-4-6-20(19)25/h3-12H,13-14H2,1-2H3,(H,24,27). The molecule has 4 rings (SSSR count). The number of rotatable bonds is 4. The Morgan fingerprint density at radius 2 is 1.63 bits per heavy atom. The van der Waals surface area contributed by atoms with Gasteiger partial charge >= 0.3 is 5.97 Å². The minimum atomic E-state index is -0.592. The number of hydrogen-bond donors (Lipinski definition) is 1. The number of esters is 1. The van der Waals surface area contributed by atoms with Crippen molar-refractivity contribution in [2.75, 3.05) is 23.4 Å². The van der Waals surface area contributed by atoms with Crippen molar-refractivity contribution >= 4 is 29.2 Å². The van der Waals surface area contributed by atoms with Crippen molar-refractivity contribution in [2.45, 2.75) is 13.8 Å². The van der Waals surface area contributed by atoms with Crippen LogP contribution in [0.2, 0.25) is 0 Å². The maximum absolute atomic E-state index is 12.6. The summed E-state index contributed by atoms with van der Waals surface area (Å²) in [5.74, 6) is -1.34. The van der Waals surface area contributed by atoms with Gasteiger partial charge in [-0.1, -0.05) is 12.1 Å². The third kappa shape index (κ3) is 3.69. The molecule has 2 heterocycles. The van der Waals surface area contributed by atoms with Crippen molar-refractivity contribution in [1.29, 1.82) is 0 Å². The van der Waals surface area contributed by atoms with Gasteiger partial charge in [0.2, 0.25) is 5.91 Å². The Morgan fingerprint density at radius 1 is 0.967 bits per heavy atom. The molecule has 7 heteroatoms. The molecule has 30 heavy (non-hydrogen) atoms. The number of fused-ring (bicyclic) bond motifs is 1. The largest absolute Gasteiger partial charge is 0.452 e. The lowest BCUT2D eigenvalue weighted by Crippen LogP contribution is -2.44. The van der Waals surface area contributed by atoms with Gasteiger partial charge in [-0.2, -0.15) is 0 Å². The van der Waals surface area contributed by atoms with Crippen LogP contribution in [0.5, 0.6) is 0 Å². The summed E-state index contributed by atoms with van der Waals surface area (Å²) in [6, 6.07) is 18.1. The second-order valence-electron chi connectivity index (χ2n) is 7.12. The number of carbonyl (C=O) groups excluding carboxylic acids is 3. The molecule has 2 aromatic carbocycles. The van der Waals surface area contributed by atoms with Crippen molar-refractivity contribution in [3.05, 3.63) is 77.6 Å². The summed E-state index contributed by atoms with van der Waals surface area (Å²) in [7, 11) is 0. The minimum Gasteiger partial charge on any atom is -0.452 e. The van der Waals surface area contributed by atoms with Gasteiger partial charge in [-0.15, -0.1) is 0 Å². The first-order valence-electron chi connectivity index (χ1n) is 9.56. The predicted octanol–water partition coefficient (Wildman–Crippen LogP) is 3.24. The summed E-state index contributed by atoms with van der Waals surface area (Å²) in [6.45, 7) is 3.47. The number of ether oxygens (including phenoxy) is 1. The molecule has 0 saturated carbocycles. The number of nitrogens with one attached hydrogen (secondary N) is 1. The number of para-hydroxylation sites is 2. The van der Waals surface area contributed by atoms with Crippen LogP contribution in [0.25, 0.3) is 5.69 Å². The third-order valence-electron chi connectivity index (χ3n) is 5.03. The van der Waals surface area contributed by atoms with E-state index in [1.165, 1.54) is 4.90 Å². The van der Waals surface area contributed by atoms with E-state index in [1.807, 2.05) is 38.1 Å². The molecule has 1 aromatic heterocycles. The van der Waals surface area contributed by atoms with Crippen LogP contribution in [0, 0.1) is 13.8 Å². The van der Waals surface area contributed by atoms with Gasteiger partial charge in [0.05, 0.1) is 16.9 Å². The molecule has 1 N–H and O–H groups in total. The first-order valence-corrected chi connectivity index (χ1v) is 9.56. The van der Waals surface area contributed by atoms with Gasteiger partial charge in [0, 0.05) is 17.1 Å². The van der Waals surface area contributed by atoms with Crippen molar-refractivity contribution in [2.24, 2.45) is 0 Å². The molecule has 0 aliphatic carbocycles. The first kappa shape index (κ1) is 19.4. The molecule has 0 saturated heterocycles. The zero-order valence-corrected chi connectivity index (χ0v) is 16.7. The van der Waals surface area contributed by atoms with E-state index in [0.29, 0.717) is 16.9 Å². The van der Waals surface area contributed by atoms with Gasteiger partial charge in [-0.3, -0.25) is 14.5 Å². The van der Waals surface area contributed by atoms with Crippen LogP contribution in [0.1, 0.15) is 21.7 Å². The van der Waals surface area contributed by atoms with Gasteiger partial charge < -0.3 is 14.6 Å². The van der Waals surface area contributed by atoms with Crippen molar-refractivity contribution in [3.63, 3.8) is 0 Å². The molecule has 2 amide bonds. The lowest BCUT2D eigenvalue weighted by Gasteiger charge is -2.28. The monoisotopic (exact) mass is 403 g/mol. The summed E-state index contributed by atoms with van der Waals surface area (Å²) in [5, 5.41) is 2.72. The number of anilines is 2. The van der Waals surface area contributed by atoms with Crippen LogP contribution in [0.4, 0.5) is 11.4 Å². The Labute approximate surface area is 173 Å². The van der Waals surface area contributed by atoms with Gasteiger partial charge in [-0.05, 0) is 62.4 Å². The van der Waals surface area contributed by atoms with E-state index < -0.39 is 18.5 Å². The highest BCUT2D eigenvalue weighted by atomic mass is 16.5. The quantitative estimate of drug-likeness (QED) is 0.678. The van der Waals surface area contributed by atoms with E-state index in [9.17, 15) is 14.4 Å². The molecule has 7 nitrogen and oxygen atoms in total. The number of amides is 2. The normalized spacial score (nSPS) is 12.9. The van der Waals surface area contributed by atoms with E-state index in [-0.39, 0.29) is 12.5 Å². The molecule has 1 aliphatic rings. The fourth-order valence-electron chi connectivity index (χ4n) is 3.57. The highest BCUT2D eigenvalue weighted by molar-refractivity contribution is 6.10. The molecule has 152 valence electrons. The molecular formula is C23H21N3O4. The molecule has 0 bridgehead atoms. The Balaban J connectivity index is 1.43. The maximum atomic E-state index is 12.6. The predicted molar refractivity (Wildman–Crippen MR) is 113 cm³/mol. The van der Waals surface area contributed by atoms with Gasteiger partial charge in [0.1, 0.15) is 6.54 Å². The first-order chi connectivity index (χ1) is 14.4. The van der Waals surface area contributed by atoms with Crippen molar-refractivity contribution in [3.8, 4) is 5.69 Å². The summed E-state index contributed by atoms with van der Waals surface area (Å²) >= 11 is 0. The number of benzene rings is 2. The van der Waals surface area contributed by atoms with Gasteiger partial charge in [-0.25, -0.2) is 4.79 Å². The number of aryl methyl sites for hydroxylation is 2. The topological polar surface area (TPSA) is 80.6 Å². The number of aromatic nitrogens is 1. The number of hydrogen-bond acceptors (Lipinski definition) is 4. The second-order valence-corrected chi connectivity index (χ2v) is 7.12. The van der Waals surface area contributed by atoms with E-state index in [0.717, 1.165) is 17.1 Å². The van der Waals surface area contributed by atoms with E-state index >= 15 is 0 Å². The lowest BCUT2D eigenvalue weighted by molar-refractivity contribution is -0.124. The SMILES string of the molecule is Cc1ccc(C)n1-c1ccc(C(=O)OCC(=O)N2CC(=O)Nc3ccccc32)cc1. The summed E-state index contributed by atoms with van der Waals surface area (Å²) < 4.78 is 7.28. The lowest BCUT2D eigenvalue weighted by atomic mass is 10.2. The van der Waals surface area contributed by atoms with Crippen LogP contribution < -0.4 is 10.2 Å².